The van der Waals surface area contributed by atoms with Gasteiger partial charge in [-0.2, -0.15) is 13.2 Å². The molecule has 10 nitrogen and oxygen atoms in total. The quantitative estimate of drug-likeness (QED) is 0.196. The predicted octanol–water partition coefficient (Wildman–Crippen LogP) is 5.22. The smallest absolute Gasteiger partial charge is 0.400 e. The topological polar surface area (TPSA) is 139 Å². The lowest BCUT2D eigenvalue weighted by Crippen LogP contribution is -2.40. The molecule has 0 unspecified atom stereocenters. The standard InChI is InChI=1S/C11H15F3O4.C6H10O3.C6H12O2.C4H8O.CH4/c1-4-18-9(17)6-7(15)5-8(16)10(2,3)11(12,13)14;1-3-9-6(8)4-5(2)7;1-6(2,3)5(7)8-4;1-2-4-5-3-1;/h4-6H2,1-3H3;3-4H2,1-2H3;1-4H3;1-4H2;1H4. The molecule has 1 heterocycles. The summed E-state index contributed by atoms with van der Waals surface area (Å²) in [5.41, 5.74) is -2.95. The Labute approximate surface area is 242 Å². The third-order valence-corrected chi connectivity index (χ3v) is 4.73. The van der Waals surface area contributed by atoms with E-state index in [2.05, 4.69) is 14.2 Å². The summed E-state index contributed by atoms with van der Waals surface area (Å²) in [6.45, 7) is 13.9. The minimum atomic E-state index is -4.73. The fourth-order valence-corrected chi connectivity index (χ4v) is 2.23. The van der Waals surface area contributed by atoms with Crippen LogP contribution in [-0.2, 0) is 47.7 Å². The molecule has 1 saturated heterocycles. The normalized spacial score (nSPS) is 12.3. The van der Waals surface area contributed by atoms with Gasteiger partial charge in [0, 0.05) is 13.2 Å². The van der Waals surface area contributed by atoms with Gasteiger partial charge in [-0.25, -0.2) is 0 Å². The lowest BCUT2D eigenvalue weighted by molar-refractivity contribution is -0.210. The summed E-state index contributed by atoms with van der Waals surface area (Å²) in [7, 11) is 1.40. The maximum Gasteiger partial charge on any atom is 0.400 e. The highest BCUT2D eigenvalue weighted by Crippen LogP contribution is 2.39. The van der Waals surface area contributed by atoms with Crippen molar-refractivity contribution < 1.29 is 60.9 Å². The number of carbonyl (C=O) groups excluding carboxylic acids is 6. The van der Waals surface area contributed by atoms with Crippen LogP contribution in [0.4, 0.5) is 13.2 Å². The van der Waals surface area contributed by atoms with Crippen LogP contribution in [0.5, 0.6) is 0 Å². The van der Waals surface area contributed by atoms with Crippen molar-refractivity contribution >= 4 is 35.3 Å². The molecule has 13 heteroatoms. The molecule has 0 aromatic heterocycles. The van der Waals surface area contributed by atoms with Gasteiger partial charge in [-0.15, -0.1) is 0 Å². The molecule has 0 spiro atoms. The van der Waals surface area contributed by atoms with Crippen molar-refractivity contribution in [2.75, 3.05) is 33.5 Å². The van der Waals surface area contributed by atoms with E-state index in [1.54, 1.807) is 6.92 Å². The minimum absolute atomic E-state index is 0. The Kier molecular flexibility index (Phi) is 25.1. The molecule has 0 amide bonds. The molecule has 0 aromatic rings. The lowest BCUT2D eigenvalue weighted by Gasteiger charge is -2.25. The molecule has 1 aliphatic rings. The van der Waals surface area contributed by atoms with Crippen molar-refractivity contribution in [3.05, 3.63) is 0 Å². The molecule has 0 aromatic carbocycles. The van der Waals surface area contributed by atoms with E-state index in [9.17, 15) is 41.9 Å². The summed E-state index contributed by atoms with van der Waals surface area (Å²) in [5.74, 6) is -3.75. The van der Waals surface area contributed by atoms with Crippen molar-refractivity contribution in [2.45, 2.75) is 101 Å². The van der Waals surface area contributed by atoms with E-state index in [0.717, 1.165) is 13.2 Å². The van der Waals surface area contributed by atoms with E-state index in [1.165, 1.54) is 33.8 Å². The van der Waals surface area contributed by atoms with E-state index in [1.807, 2.05) is 20.8 Å². The molecule has 41 heavy (non-hydrogen) atoms. The number of alkyl halides is 3. The molecule has 1 rings (SSSR count). The third kappa shape index (κ3) is 24.7. The Bertz CT molecular complexity index is 801. The van der Waals surface area contributed by atoms with Gasteiger partial charge in [0.15, 0.2) is 11.6 Å². The van der Waals surface area contributed by atoms with Crippen LogP contribution >= 0.6 is 0 Å². The number of hydrogen-bond donors (Lipinski definition) is 0. The van der Waals surface area contributed by atoms with E-state index >= 15 is 0 Å². The Morgan fingerprint density at radius 1 is 0.756 bits per heavy atom. The van der Waals surface area contributed by atoms with E-state index in [0.29, 0.717) is 20.5 Å². The highest BCUT2D eigenvalue weighted by Gasteiger charge is 2.52. The number of Topliss-reactive ketones (excluding diaryl/α,β-unsaturated/α-hetero) is 3. The summed E-state index contributed by atoms with van der Waals surface area (Å²) in [5, 5.41) is 0. The number of hydrogen-bond acceptors (Lipinski definition) is 10. The van der Waals surface area contributed by atoms with E-state index < -0.39 is 47.9 Å². The summed E-state index contributed by atoms with van der Waals surface area (Å²) >= 11 is 0. The Balaban J connectivity index is -0.000000248. The maximum absolute atomic E-state index is 12.5. The van der Waals surface area contributed by atoms with Gasteiger partial charge in [0.2, 0.25) is 0 Å². The Morgan fingerprint density at radius 2 is 1.17 bits per heavy atom. The van der Waals surface area contributed by atoms with Gasteiger partial charge in [-0.3, -0.25) is 28.8 Å². The van der Waals surface area contributed by atoms with Crippen molar-refractivity contribution in [3.63, 3.8) is 0 Å². The van der Waals surface area contributed by atoms with Crippen molar-refractivity contribution in [1.29, 1.82) is 0 Å². The first kappa shape index (κ1) is 45.2. The second-order valence-electron chi connectivity index (χ2n) is 9.99. The fourth-order valence-electron chi connectivity index (χ4n) is 2.23. The van der Waals surface area contributed by atoms with Gasteiger partial charge < -0.3 is 18.9 Å². The minimum Gasteiger partial charge on any atom is -0.469 e. The zero-order chi connectivity index (χ0) is 32.2. The zero-order valence-electron chi connectivity index (χ0n) is 25.1. The summed E-state index contributed by atoms with van der Waals surface area (Å²) in [6.07, 6.45) is -3.89. The average molecular weight is 603 g/mol. The van der Waals surface area contributed by atoms with Crippen LogP contribution in [0.3, 0.4) is 0 Å². The van der Waals surface area contributed by atoms with Gasteiger partial charge in [-0.05, 0) is 68.2 Å². The molecular weight excluding hydrogens is 553 g/mol. The van der Waals surface area contributed by atoms with Crippen molar-refractivity contribution in [2.24, 2.45) is 10.8 Å². The number of halogens is 3. The first-order valence-electron chi connectivity index (χ1n) is 12.8. The monoisotopic (exact) mass is 602 g/mol. The highest BCUT2D eigenvalue weighted by molar-refractivity contribution is 6.07. The number of carbonyl (C=O) groups is 6. The lowest BCUT2D eigenvalue weighted by atomic mass is 9.84. The molecule has 0 radical (unpaired) electrons. The second kappa shape index (κ2) is 22.8. The zero-order valence-corrected chi connectivity index (χ0v) is 25.1. The number of ketones is 3. The third-order valence-electron chi connectivity index (χ3n) is 4.73. The summed E-state index contributed by atoms with van der Waals surface area (Å²) < 4.78 is 55.8. The number of esters is 3. The molecular formula is C28H49F3O10. The number of ether oxygens (including phenoxy) is 4. The highest BCUT2D eigenvalue weighted by atomic mass is 19.4. The predicted molar refractivity (Wildman–Crippen MR) is 146 cm³/mol. The molecule has 0 atom stereocenters. The van der Waals surface area contributed by atoms with Gasteiger partial charge in [0.25, 0.3) is 0 Å². The molecule has 0 bridgehead atoms. The molecule has 1 aliphatic heterocycles. The van der Waals surface area contributed by atoms with Gasteiger partial charge >= 0.3 is 24.1 Å². The van der Waals surface area contributed by atoms with E-state index in [-0.39, 0.29) is 37.6 Å². The number of methoxy groups -OCH3 is 1. The number of rotatable bonds is 9. The SMILES string of the molecule is C.C1CCOC1.CCOC(=O)CC(=O)CC(=O)C(C)(C)C(F)(F)F.CCOC(=O)CC(C)=O.COC(=O)C(C)(C)C. The van der Waals surface area contributed by atoms with Crippen LogP contribution in [0.15, 0.2) is 0 Å². The first-order valence-corrected chi connectivity index (χ1v) is 12.8. The summed E-state index contributed by atoms with van der Waals surface area (Å²) in [6, 6.07) is 0. The van der Waals surface area contributed by atoms with Gasteiger partial charge in [0.1, 0.15) is 24.0 Å². The molecule has 1 fully saturated rings. The Morgan fingerprint density at radius 3 is 1.41 bits per heavy atom. The second-order valence-corrected chi connectivity index (χ2v) is 9.99. The van der Waals surface area contributed by atoms with Crippen LogP contribution in [0.1, 0.15) is 94.9 Å². The van der Waals surface area contributed by atoms with Gasteiger partial charge in [-0.1, -0.05) is 7.43 Å². The Hall–Kier alpha value is -2.83. The maximum atomic E-state index is 12.5. The summed E-state index contributed by atoms with van der Waals surface area (Å²) in [4.78, 5) is 64.7. The van der Waals surface area contributed by atoms with Crippen LogP contribution in [0, 0.1) is 10.8 Å². The average Bonchev–Trinajstić information content (AvgIpc) is 3.38. The molecule has 0 saturated carbocycles. The molecule has 242 valence electrons. The largest absolute Gasteiger partial charge is 0.469 e. The van der Waals surface area contributed by atoms with Gasteiger partial charge in [0.05, 0.1) is 32.2 Å². The van der Waals surface area contributed by atoms with Crippen molar-refractivity contribution in [3.8, 4) is 0 Å². The van der Waals surface area contributed by atoms with Crippen molar-refractivity contribution in [1.82, 2.24) is 0 Å². The van der Waals surface area contributed by atoms with Crippen LogP contribution < -0.4 is 0 Å². The van der Waals surface area contributed by atoms with Crippen LogP contribution in [-0.4, -0.2) is 75.0 Å². The molecule has 0 aliphatic carbocycles. The first-order chi connectivity index (χ1) is 18.2. The van der Waals surface area contributed by atoms with Crippen LogP contribution in [0.25, 0.3) is 0 Å². The fraction of sp³-hybridized carbons (Fsp3) is 0.786. The van der Waals surface area contributed by atoms with E-state index in [4.69, 9.17) is 4.74 Å². The van der Waals surface area contributed by atoms with Crippen LogP contribution in [0.2, 0.25) is 0 Å². The molecule has 0 N–H and O–H groups in total.